The number of aromatic nitrogens is 3. The second kappa shape index (κ2) is 19.1. The van der Waals surface area contributed by atoms with Crippen molar-refractivity contribution in [1.82, 2.24) is 24.3 Å². The number of esters is 1. The summed E-state index contributed by atoms with van der Waals surface area (Å²) in [6.07, 6.45) is 4.02. The molecule has 0 aliphatic carbocycles. The molecular formula is C43H64ClN5O10. The molecule has 0 radical (unpaired) electrons. The number of hydrogen-bond acceptors (Lipinski definition) is 13. The first kappa shape index (κ1) is 46.6. The lowest BCUT2D eigenvalue weighted by atomic mass is 9.73. The number of fused-ring (bicyclic) bond motifs is 1. The third-order valence-corrected chi connectivity index (χ3v) is 13.2. The summed E-state index contributed by atoms with van der Waals surface area (Å²) in [6.45, 7) is 14.8. The lowest BCUT2D eigenvalue weighted by molar-refractivity contribution is -0.295. The number of pyridine rings is 1. The Bertz CT molecular complexity index is 1810. The maximum absolute atomic E-state index is 14.7. The Morgan fingerprint density at radius 2 is 1.73 bits per heavy atom. The van der Waals surface area contributed by atoms with Crippen LogP contribution in [0.15, 0.2) is 31.0 Å². The van der Waals surface area contributed by atoms with Gasteiger partial charge in [-0.1, -0.05) is 39.3 Å². The molecule has 59 heavy (non-hydrogen) atoms. The summed E-state index contributed by atoms with van der Waals surface area (Å²) in [7, 11) is 5.23. The van der Waals surface area contributed by atoms with Crippen LogP contribution in [-0.4, -0.2) is 135 Å². The molecule has 1 amide bonds. The molecular weight excluding hydrogens is 782 g/mol. The molecule has 16 heteroatoms. The predicted molar refractivity (Wildman–Crippen MR) is 219 cm³/mol. The number of unbranched alkanes of at least 4 members (excludes halogenated alkanes) is 1. The number of nitrogens with zero attached hydrogens (tertiary/aromatic N) is 5. The monoisotopic (exact) mass is 845 g/mol. The van der Waals surface area contributed by atoms with Gasteiger partial charge in [-0.15, -0.1) is 0 Å². The third-order valence-electron chi connectivity index (χ3n) is 12.9. The fraction of sp³-hybridized carbons (Fsp3) is 0.721. The first-order valence-corrected chi connectivity index (χ1v) is 21.2. The lowest BCUT2D eigenvalue weighted by Crippen LogP contribution is -2.60. The topological polar surface area (TPSA) is 172 Å². The Hall–Kier alpha value is -3.47. The van der Waals surface area contributed by atoms with Gasteiger partial charge >= 0.3 is 12.1 Å². The van der Waals surface area contributed by atoms with Gasteiger partial charge in [0.1, 0.15) is 23.9 Å². The number of carbonyl (C=O) groups excluding carboxylic acids is 4. The van der Waals surface area contributed by atoms with Crippen LogP contribution in [0.4, 0.5) is 4.79 Å². The quantitative estimate of drug-likeness (QED) is 0.169. The van der Waals surface area contributed by atoms with Crippen LogP contribution in [0.2, 0.25) is 5.02 Å². The van der Waals surface area contributed by atoms with E-state index >= 15 is 0 Å². The summed E-state index contributed by atoms with van der Waals surface area (Å²) in [5.74, 6) is -5.02. The van der Waals surface area contributed by atoms with Crippen molar-refractivity contribution in [3.63, 3.8) is 0 Å². The summed E-state index contributed by atoms with van der Waals surface area (Å²) in [6, 6.07) is 0.621. The zero-order valence-corrected chi connectivity index (χ0v) is 37.2. The number of Topliss-reactive ketones (excluding diaryl/α,β-unsaturated/α-hetero) is 2. The molecule has 15 nitrogen and oxygen atoms in total. The SMILES string of the molecule is CC[C@H]1OC(=O)[C@H](C)C(=O)[C@H](C)C(OC2O[C@H](C)C[C@H](N(C)C)[C@H]2O)[C@@](C)(OC)C[C@@H](C)C(=O)[C@H](C)[C@H]2N(CCCCn3cnc(-c4cnccc4Cl)c3)C(=O)O[C@]12C. The van der Waals surface area contributed by atoms with Gasteiger partial charge in [0.15, 0.2) is 17.7 Å². The molecule has 3 aliphatic rings. The summed E-state index contributed by atoms with van der Waals surface area (Å²) in [5.41, 5.74) is -1.27. The molecule has 2 aromatic heterocycles. The van der Waals surface area contributed by atoms with Gasteiger partial charge in [-0.2, -0.15) is 0 Å². The maximum atomic E-state index is 14.7. The van der Waals surface area contributed by atoms with Crippen LogP contribution in [0, 0.1) is 23.7 Å². The number of ketones is 2. The van der Waals surface area contributed by atoms with E-state index in [1.807, 2.05) is 43.6 Å². The molecule has 0 aromatic carbocycles. The normalized spacial score (nSPS) is 36.3. The van der Waals surface area contributed by atoms with Crippen molar-refractivity contribution in [2.75, 3.05) is 27.7 Å². The van der Waals surface area contributed by atoms with E-state index in [1.165, 1.54) is 14.0 Å². The van der Waals surface area contributed by atoms with Crippen molar-refractivity contribution in [3.8, 4) is 11.3 Å². The highest BCUT2D eigenvalue weighted by Crippen LogP contribution is 2.43. The number of aliphatic hydroxyl groups is 1. The molecule has 5 rings (SSSR count). The minimum atomic E-state index is -1.42. The molecule has 0 bridgehead atoms. The van der Waals surface area contributed by atoms with Gasteiger partial charge in [-0.25, -0.2) is 9.78 Å². The second-order valence-corrected chi connectivity index (χ2v) is 17.8. The van der Waals surface area contributed by atoms with E-state index in [-0.39, 0.29) is 37.3 Å². The van der Waals surface area contributed by atoms with E-state index in [4.69, 9.17) is 35.3 Å². The van der Waals surface area contributed by atoms with Gasteiger partial charge in [-0.3, -0.25) is 19.4 Å². The van der Waals surface area contributed by atoms with Crippen LogP contribution in [0.1, 0.15) is 87.5 Å². The number of carbonyl (C=O) groups is 4. The van der Waals surface area contributed by atoms with Crippen LogP contribution < -0.4 is 0 Å². The minimum Gasteiger partial charge on any atom is -0.458 e. The third kappa shape index (κ3) is 9.70. The summed E-state index contributed by atoms with van der Waals surface area (Å²) >= 11 is 6.36. The number of hydrogen-bond donors (Lipinski definition) is 1. The number of methoxy groups -OCH3 is 1. The van der Waals surface area contributed by atoms with Crippen LogP contribution in [0.25, 0.3) is 11.3 Å². The predicted octanol–water partition coefficient (Wildman–Crippen LogP) is 5.58. The fourth-order valence-corrected chi connectivity index (χ4v) is 9.67. The average molecular weight is 846 g/mol. The van der Waals surface area contributed by atoms with Gasteiger partial charge in [0.05, 0.1) is 40.9 Å². The van der Waals surface area contributed by atoms with Crippen molar-refractivity contribution in [1.29, 1.82) is 0 Å². The lowest BCUT2D eigenvalue weighted by Gasteiger charge is -2.47. The Morgan fingerprint density at radius 3 is 2.37 bits per heavy atom. The number of amides is 1. The first-order chi connectivity index (χ1) is 27.8. The summed E-state index contributed by atoms with van der Waals surface area (Å²) < 4.78 is 33.2. The molecule has 2 aromatic rings. The van der Waals surface area contributed by atoms with E-state index in [0.717, 1.165) is 5.56 Å². The van der Waals surface area contributed by atoms with Gasteiger partial charge in [0.2, 0.25) is 0 Å². The summed E-state index contributed by atoms with van der Waals surface area (Å²) in [4.78, 5) is 69.0. The van der Waals surface area contributed by atoms with E-state index < -0.39 is 83.4 Å². The molecule has 3 fully saturated rings. The Labute approximate surface area is 353 Å². The first-order valence-electron chi connectivity index (χ1n) is 20.9. The molecule has 5 heterocycles. The van der Waals surface area contributed by atoms with Crippen molar-refractivity contribution in [2.24, 2.45) is 23.7 Å². The number of likely N-dealkylation sites (N-methyl/N-ethyl adjacent to an activating group) is 1. The molecule has 1 N–H and O–H groups in total. The highest BCUT2D eigenvalue weighted by Gasteiger charge is 2.60. The largest absolute Gasteiger partial charge is 0.458 e. The Morgan fingerprint density at radius 1 is 1.03 bits per heavy atom. The van der Waals surface area contributed by atoms with Crippen molar-refractivity contribution >= 4 is 35.2 Å². The van der Waals surface area contributed by atoms with Crippen LogP contribution in [0.3, 0.4) is 0 Å². The molecule has 328 valence electrons. The number of rotatable bonds is 11. The number of aliphatic hydroxyl groups excluding tert-OH is 1. The van der Waals surface area contributed by atoms with Crippen LogP contribution in [-0.2, 0) is 44.6 Å². The smallest absolute Gasteiger partial charge is 0.410 e. The number of halogens is 1. The molecule has 3 saturated heterocycles. The average Bonchev–Trinajstić information content (AvgIpc) is 3.77. The maximum Gasteiger partial charge on any atom is 0.410 e. The number of aryl methyl sites for hydroxylation is 1. The van der Waals surface area contributed by atoms with Gasteiger partial charge in [0.25, 0.3) is 0 Å². The zero-order chi connectivity index (χ0) is 43.6. The Balaban J connectivity index is 1.43. The van der Waals surface area contributed by atoms with Crippen LogP contribution in [0.5, 0.6) is 0 Å². The van der Waals surface area contributed by atoms with Gasteiger partial charge < -0.3 is 43.2 Å². The fourth-order valence-electron chi connectivity index (χ4n) is 9.47. The standard InChI is InChI=1S/C43H64ClN5O10/c1-12-33-43(8)37(49(41(54)59-43)18-14-13-17-48-22-31(46-23-48)29-21-45-16-15-30(29)44)26(4)34(50)24(2)20-42(7,55-11)38(27(5)35(51)28(6)39(53)57-33)58-40-36(52)32(47(9)10)19-25(3)56-40/h15-16,21-28,32-33,36-38,40,52H,12-14,17-20H2,1-11H3/t24-,25-,26+,27+,28-,32+,33-,36-,37-,38?,40?,42+,43-/m1/s1. The molecule has 13 atom stereocenters. The van der Waals surface area contributed by atoms with E-state index in [1.54, 1.807) is 64.3 Å². The zero-order valence-electron chi connectivity index (χ0n) is 36.4. The second-order valence-electron chi connectivity index (χ2n) is 17.4. The molecule has 2 unspecified atom stereocenters. The van der Waals surface area contributed by atoms with Crippen LogP contribution >= 0.6 is 11.6 Å². The van der Waals surface area contributed by atoms with Crippen molar-refractivity contribution in [3.05, 3.63) is 36.0 Å². The minimum absolute atomic E-state index is 0.121. The van der Waals surface area contributed by atoms with E-state index in [0.29, 0.717) is 36.5 Å². The van der Waals surface area contributed by atoms with Crippen molar-refractivity contribution < 1.29 is 48.0 Å². The van der Waals surface area contributed by atoms with E-state index in [9.17, 15) is 24.3 Å². The number of imidazole rings is 1. The van der Waals surface area contributed by atoms with Gasteiger partial charge in [0, 0.05) is 68.1 Å². The van der Waals surface area contributed by atoms with Crippen molar-refractivity contribution in [2.45, 2.75) is 148 Å². The Kier molecular flexibility index (Phi) is 15.1. The highest BCUT2D eigenvalue weighted by molar-refractivity contribution is 6.33. The number of ether oxygens (including phenoxy) is 5. The van der Waals surface area contributed by atoms with Gasteiger partial charge in [-0.05, 0) is 80.0 Å². The molecule has 0 saturated carbocycles. The summed E-state index contributed by atoms with van der Waals surface area (Å²) in [5, 5.41) is 12.0. The molecule has 3 aliphatic heterocycles. The molecule has 0 spiro atoms. The highest BCUT2D eigenvalue weighted by atomic mass is 35.5. The number of cyclic esters (lactones) is 1. The van der Waals surface area contributed by atoms with E-state index in [2.05, 4.69) is 9.97 Å².